The van der Waals surface area contributed by atoms with E-state index >= 15 is 0 Å². The second-order valence-electron chi connectivity index (χ2n) is 3.17. The second-order valence-corrected chi connectivity index (χ2v) is 3.17. The molecule has 0 spiro atoms. The third kappa shape index (κ3) is 1.58. The molecule has 1 aromatic heterocycles. The Kier molecular flexibility index (Phi) is 2.40. The number of hydrogen-bond donors (Lipinski definition) is 1. The van der Waals surface area contributed by atoms with E-state index in [1.165, 1.54) is 0 Å². The smallest absolute Gasteiger partial charge is 0.295 e. The van der Waals surface area contributed by atoms with E-state index in [4.69, 9.17) is 4.74 Å². The molecule has 1 atom stereocenters. The molecule has 1 aliphatic rings. The van der Waals surface area contributed by atoms with Crippen molar-refractivity contribution < 1.29 is 9.53 Å². The van der Waals surface area contributed by atoms with Crippen LogP contribution in [0, 0.1) is 0 Å². The van der Waals surface area contributed by atoms with Gasteiger partial charge >= 0.3 is 0 Å². The van der Waals surface area contributed by atoms with Crippen molar-refractivity contribution in [2.45, 2.75) is 12.5 Å². The summed E-state index contributed by atoms with van der Waals surface area (Å²) in [6, 6.07) is 0.126. The van der Waals surface area contributed by atoms with Gasteiger partial charge in [0.05, 0.1) is 12.6 Å². The number of rotatable bonds is 2. The molecule has 1 aromatic rings. The quantitative estimate of drug-likeness (QED) is 0.661. The molecule has 1 amide bonds. The van der Waals surface area contributed by atoms with Crippen molar-refractivity contribution in [2.75, 3.05) is 20.3 Å². The normalized spacial score (nSPS) is 21.1. The Morgan fingerprint density at radius 1 is 1.71 bits per heavy atom. The lowest BCUT2D eigenvalue weighted by atomic mass is 10.2. The van der Waals surface area contributed by atoms with E-state index in [0.29, 0.717) is 13.2 Å². The number of amides is 1. The number of nitrogens with one attached hydrogen (secondary N) is 1. The molecule has 0 aliphatic carbocycles. The molecule has 0 radical (unpaired) electrons. The number of carbonyl (C=O) groups excluding carboxylic acids is 1. The summed E-state index contributed by atoms with van der Waals surface area (Å²) in [6.07, 6.45) is 0.861. The molecule has 0 bridgehead atoms. The number of H-pyrrole nitrogens is 1. The van der Waals surface area contributed by atoms with E-state index in [-0.39, 0.29) is 17.8 Å². The molecular formula is C7H11N5O2. The number of ether oxygens (including phenoxy) is 1. The molecule has 0 aromatic carbocycles. The summed E-state index contributed by atoms with van der Waals surface area (Å²) in [5.41, 5.74) is 0. The Balaban J connectivity index is 2.04. The molecule has 7 nitrogen and oxygen atoms in total. The van der Waals surface area contributed by atoms with Gasteiger partial charge in [0.1, 0.15) is 0 Å². The SMILES string of the molecule is CN(C(=O)c1nn[nH]n1)C1CCOC1. The van der Waals surface area contributed by atoms with Crippen LogP contribution in [0.25, 0.3) is 0 Å². The van der Waals surface area contributed by atoms with Crippen molar-refractivity contribution in [1.29, 1.82) is 0 Å². The minimum atomic E-state index is -0.228. The van der Waals surface area contributed by atoms with Gasteiger partial charge in [0.15, 0.2) is 0 Å². The van der Waals surface area contributed by atoms with Gasteiger partial charge in [-0.1, -0.05) is 0 Å². The molecule has 1 saturated heterocycles. The van der Waals surface area contributed by atoms with Crippen LogP contribution in [-0.2, 0) is 4.74 Å². The van der Waals surface area contributed by atoms with Gasteiger partial charge in [0, 0.05) is 13.7 Å². The topological polar surface area (TPSA) is 84.0 Å². The first-order chi connectivity index (χ1) is 6.79. The maximum Gasteiger partial charge on any atom is 0.295 e. The summed E-state index contributed by atoms with van der Waals surface area (Å²) in [4.78, 5) is 13.3. The standard InChI is InChI=1S/C7H11N5O2/c1-12(5-2-3-14-4-5)7(13)6-8-10-11-9-6/h5H,2-4H2,1H3,(H,8,9,10,11). The van der Waals surface area contributed by atoms with Crippen LogP contribution in [0.5, 0.6) is 0 Å². The van der Waals surface area contributed by atoms with Crippen LogP contribution < -0.4 is 0 Å². The van der Waals surface area contributed by atoms with Crippen molar-refractivity contribution in [1.82, 2.24) is 25.5 Å². The number of aromatic amines is 1. The van der Waals surface area contributed by atoms with Crippen molar-refractivity contribution in [3.8, 4) is 0 Å². The number of carbonyl (C=O) groups is 1. The Hall–Kier alpha value is -1.50. The zero-order valence-electron chi connectivity index (χ0n) is 7.80. The first-order valence-corrected chi connectivity index (χ1v) is 4.37. The van der Waals surface area contributed by atoms with Crippen molar-refractivity contribution in [2.24, 2.45) is 0 Å². The maximum atomic E-state index is 11.7. The summed E-state index contributed by atoms with van der Waals surface area (Å²) < 4.78 is 5.19. The maximum absolute atomic E-state index is 11.7. The number of likely N-dealkylation sites (N-methyl/N-ethyl adjacent to an activating group) is 1. The minimum Gasteiger partial charge on any atom is -0.379 e. The minimum absolute atomic E-state index is 0.0967. The average Bonchev–Trinajstić information content (AvgIpc) is 2.87. The van der Waals surface area contributed by atoms with Crippen LogP contribution in [0.15, 0.2) is 0 Å². The lowest BCUT2D eigenvalue weighted by molar-refractivity contribution is 0.0699. The summed E-state index contributed by atoms with van der Waals surface area (Å²) >= 11 is 0. The summed E-state index contributed by atoms with van der Waals surface area (Å²) in [7, 11) is 1.72. The molecule has 0 saturated carbocycles. The molecule has 7 heteroatoms. The highest BCUT2D eigenvalue weighted by Gasteiger charge is 2.26. The Morgan fingerprint density at radius 2 is 2.57 bits per heavy atom. The summed E-state index contributed by atoms with van der Waals surface area (Å²) in [5.74, 6) is -0.131. The van der Waals surface area contributed by atoms with Gasteiger partial charge in [-0.15, -0.1) is 10.2 Å². The highest BCUT2D eigenvalue weighted by molar-refractivity contribution is 5.90. The van der Waals surface area contributed by atoms with Crippen molar-refractivity contribution in [3.63, 3.8) is 0 Å². The van der Waals surface area contributed by atoms with E-state index in [1.54, 1.807) is 11.9 Å². The molecule has 2 rings (SSSR count). The average molecular weight is 197 g/mol. The van der Waals surface area contributed by atoms with Gasteiger partial charge in [-0.05, 0) is 11.6 Å². The lowest BCUT2D eigenvalue weighted by Gasteiger charge is -2.21. The molecule has 1 N–H and O–H groups in total. The zero-order chi connectivity index (χ0) is 9.97. The van der Waals surface area contributed by atoms with Crippen LogP contribution >= 0.6 is 0 Å². The Morgan fingerprint density at radius 3 is 3.14 bits per heavy atom. The number of aromatic nitrogens is 4. The van der Waals surface area contributed by atoms with Gasteiger partial charge in [0.2, 0.25) is 0 Å². The first kappa shape index (κ1) is 9.07. The van der Waals surface area contributed by atoms with Crippen molar-refractivity contribution in [3.05, 3.63) is 5.82 Å². The van der Waals surface area contributed by atoms with Crippen LogP contribution in [0.1, 0.15) is 17.0 Å². The fourth-order valence-electron chi connectivity index (χ4n) is 1.40. The van der Waals surface area contributed by atoms with E-state index < -0.39 is 0 Å². The van der Waals surface area contributed by atoms with Gasteiger partial charge in [-0.3, -0.25) is 4.79 Å². The van der Waals surface area contributed by atoms with Gasteiger partial charge in [-0.25, -0.2) is 0 Å². The molecule has 14 heavy (non-hydrogen) atoms. The predicted molar refractivity (Wildman–Crippen MR) is 45.5 cm³/mol. The largest absolute Gasteiger partial charge is 0.379 e. The fourth-order valence-corrected chi connectivity index (χ4v) is 1.40. The van der Waals surface area contributed by atoms with Crippen molar-refractivity contribution >= 4 is 5.91 Å². The first-order valence-electron chi connectivity index (χ1n) is 4.37. The van der Waals surface area contributed by atoms with Crippen LogP contribution in [0.3, 0.4) is 0 Å². The van der Waals surface area contributed by atoms with E-state index in [2.05, 4.69) is 20.6 Å². The third-order valence-corrected chi connectivity index (χ3v) is 2.31. The molecule has 1 unspecified atom stereocenters. The lowest BCUT2D eigenvalue weighted by Crippen LogP contribution is -2.37. The number of tetrazole rings is 1. The molecule has 1 fully saturated rings. The molecular weight excluding hydrogens is 186 g/mol. The highest BCUT2D eigenvalue weighted by atomic mass is 16.5. The fraction of sp³-hybridized carbons (Fsp3) is 0.714. The van der Waals surface area contributed by atoms with Crippen LogP contribution in [0.2, 0.25) is 0 Å². The van der Waals surface area contributed by atoms with E-state index in [0.717, 1.165) is 6.42 Å². The predicted octanol–water partition coefficient (Wildman–Crippen LogP) is -0.939. The Bertz CT molecular complexity index is 306. The second kappa shape index (κ2) is 3.70. The number of nitrogens with zero attached hydrogens (tertiary/aromatic N) is 4. The van der Waals surface area contributed by atoms with Gasteiger partial charge < -0.3 is 9.64 Å². The summed E-state index contributed by atoms with van der Waals surface area (Å²) in [6.45, 7) is 1.29. The van der Waals surface area contributed by atoms with E-state index in [1.807, 2.05) is 0 Å². The monoisotopic (exact) mass is 197 g/mol. The molecule has 2 heterocycles. The molecule has 76 valence electrons. The zero-order valence-corrected chi connectivity index (χ0v) is 7.80. The highest BCUT2D eigenvalue weighted by Crippen LogP contribution is 2.11. The van der Waals surface area contributed by atoms with Crippen LogP contribution in [-0.4, -0.2) is 57.7 Å². The van der Waals surface area contributed by atoms with Crippen LogP contribution in [0.4, 0.5) is 0 Å². The van der Waals surface area contributed by atoms with Gasteiger partial charge in [0.25, 0.3) is 11.7 Å². The summed E-state index contributed by atoms with van der Waals surface area (Å²) in [5, 5.41) is 12.8. The number of hydrogen-bond acceptors (Lipinski definition) is 5. The van der Waals surface area contributed by atoms with Gasteiger partial charge in [-0.2, -0.15) is 5.21 Å². The van der Waals surface area contributed by atoms with E-state index in [9.17, 15) is 4.79 Å². The third-order valence-electron chi connectivity index (χ3n) is 2.31. The Labute approximate surface area is 80.4 Å². The molecule has 1 aliphatic heterocycles.